The minimum Gasteiger partial charge on any atom is -0.481 e. The van der Waals surface area contributed by atoms with E-state index in [0.29, 0.717) is 18.9 Å². The van der Waals surface area contributed by atoms with Crippen molar-refractivity contribution in [1.82, 2.24) is 4.90 Å². The van der Waals surface area contributed by atoms with E-state index in [1.54, 1.807) is 11.3 Å². The summed E-state index contributed by atoms with van der Waals surface area (Å²) in [6, 6.07) is 0. The zero-order valence-corrected chi connectivity index (χ0v) is 14.5. The predicted octanol–water partition coefficient (Wildman–Crippen LogP) is 3.59. The van der Waals surface area contributed by atoms with Gasteiger partial charge in [0, 0.05) is 29.8 Å². The molecule has 1 aliphatic carbocycles. The lowest BCUT2D eigenvalue weighted by molar-refractivity contribution is -0.137. The van der Waals surface area contributed by atoms with Crippen LogP contribution in [0, 0.1) is 11.8 Å². The van der Waals surface area contributed by atoms with Gasteiger partial charge in [-0.25, -0.2) is 0 Å². The van der Waals surface area contributed by atoms with Crippen molar-refractivity contribution in [3.63, 3.8) is 0 Å². The summed E-state index contributed by atoms with van der Waals surface area (Å²) in [6.07, 6.45) is 6.21. The Balaban J connectivity index is 1.67. The second-order valence-corrected chi connectivity index (χ2v) is 8.06. The van der Waals surface area contributed by atoms with E-state index in [-0.39, 0.29) is 12.3 Å². The van der Waals surface area contributed by atoms with Crippen LogP contribution in [0.1, 0.15) is 59.8 Å². The van der Waals surface area contributed by atoms with Crippen molar-refractivity contribution in [2.24, 2.45) is 11.8 Å². The van der Waals surface area contributed by atoms with E-state index in [9.17, 15) is 9.59 Å². The molecule has 0 saturated carbocycles. The Morgan fingerprint density at radius 2 is 2.22 bits per heavy atom. The lowest BCUT2D eigenvalue weighted by Crippen LogP contribution is -2.40. The van der Waals surface area contributed by atoms with E-state index in [1.807, 2.05) is 10.3 Å². The Morgan fingerprint density at radius 1 is 1.39 bits per heavy atom. The number of amides is 1. The summed E-state index contributed by atoms with van der Waals surface area (Å²) in [7, 11) is 0. The number of piperidine rings is 1. The molecular weight excluding hydrogens is 310 g/mol. The van der Waals surface area contributed by atoms with Crippen molar-refractivity contribution in [1.29, 1.82) is 0 Å². The van der Waals surface area contributed by atoms with Crippen LogP contribution < -0.4 is 0 Å². The molecule has 2 aliphatic rings. The van der Waals surface area contributed by atoms with Gasteiger partial charge in [0.2, 0.25) is 0 Å². The van der Waals surface area contributed by atoms with Gasteiger partial charge in [-0.05, 0) is 55.9 Å². The molecule has 3 rings (SSSR count). The van der Waals surface area contributed by atoms with Crippen LogP contribution in [0.25, 0.3) is 0 Å². The number of nitrogens with zero attached hydrogens (tertiary/aromatic N) is 1. The molecule has 126 valence electrons. The minimum atomic E-state index is -0.741. The Labute approximate surface area is 141 Å². The van der Waals surface area contributed by atoms with Crippen LogP contribution >= 0.6 is 11.3 Å². The molecule has 1 N–H and O–H groups in total. The first-order chi connectivity index (χ1) is 11.0. The van der Waals surface area contributed by atoms with E-state index in [2.05, 4.69) is 6.92 Å². The summed E-state index contributed by atoms with van der Waals surface area (Å²) in [5.41, 5.74) is 2.20. The molecule has 1 aromatic rings. The molecule has 0 radical (unpaired) electrons. The number of hydrogen-bond acceptors (Lipinski definition) is 3. The summed E-state index contributed by atoms with van der Waals surface area (Å²) < 4.78 is 0. The third kappa shape index (κ3) is 3.77. The standard InChI is InChI=1S/C18H25NO3S/c1-12-4-6-14-15(11-23-16(14)9-12)18(22)19-8-2-3-13(10-19)5-7-17(20)21/h11-13H,2-10H2,1H3,(H,20,21). The maximum Gasteiger partial charge on any atom is 0.303 e. The Bertz CT molecular complexity index is 595. The highest BCUT2D eigenvalue weighted by Crippen LogP contribution is 2.34. The number of carboxylic acids is 1. The van der Waals surface area contributed by atoms with Gasteiger partial charge in [0.1, 0.15) is 0 Å². The van der Waals surface area contributed by atoms with E-state index >= 15 is 0 Å². The van der Waals surface area contributed by atoms with Gasteiger partial charge in [0.15, 0.2) is 0 Å². The fraction of sp³-hybridized carbons (Fsp3) is 0.667. The van der Waals surface area contributed by atoms with E-state index < -0.39 is 5.97 Å². The van der Waals surface area contributed by atoms with Crippen LogP contribution in [0.15, 0.2) is 5.38 Å². The van der Waals surface area contributed by atoms with Gasteiger partial charge in [-0.15, -0.1) is 11.3 Å². The molecule has 1 amide bonds. The molecule has 1 saturated heterocycles. The van der Waals surface area contributed by atoms with Crippen molar-refractivity contribution >= 4 is 23.2 Å². The highest BCUT2D eigenvalue weighted by atomic mass is 32.1. The maximum absolute atomic E-state index is 12.9. The van der Waals surface area contributed by atoms with Crippen LogP contribution in [0.4, 0.5) is 0 Å². The highest BCUT2D eigenvalue weighted by molar-refractivity contribution is 7.10. The monoisotopic (exact) mass is 335 g/mol. The largest absolute Gasteiger partial charge is 0.481 e. The minimum absolute atomic E-state index is 0.164. The zero-order valence-electron chi connectivity index (χ0n) is 13.7. The lowest BCUT2D eigenvalue weighted by atomic mass is 9.88. The molecule has 0 aromatic carbocycles. The molecular formula is C18H25NO3S. The highest BCUT2D eigenvalue weighted by Gasteiger charge is 2.29. The first-order valence-corrected chi connectivity index (χ1v) is 9.53. The molecule has 1 aromatic heterocycles. The Kier molecular flexibility index (Phi) is 5.05. The van der Waals surface area contributed by atoms with Gasteiger partial charge in [0.25, 0.3) is 5.91 Å². The van der Waals surface area contributed by atoms with Crippen molar-refractivity contribution in [2.75, 3.05) is 13.1 Å². The van der Waals surface area contributed by atoms with E-state index in [0.717, 1.165) is 43.7 Å². The molecule has 5 heteroatoms. The average molecular weight is 335 g/mol. The number of rotatable bonds is 4. The third-order valence-corrected chi connectivity index (χ3v) is 6.26. The molecule has 4 nitrogen and oxygen atoms in total. The van der Waals surface area contributed by atoms with Gasteiger partial charge >= 0.3 is 5.97 Å². The van der Waals surface area contributed by atoms with Crippen LogP contribution in [0.2, 0.25) is 0 Å². The van der Waals surface area contributed by atoms with Gasteiger partial charge < -0.3 is 10.0 Å². The first-order valence-electron chi connectivity index (χ1n) is 8.65. The van der Waals surface area contributed by atoms with Crippen molar-refractivity contribution < 1.29 is 14.7 Å². The molecule has 2 atom stereocenters. The van der Waals surface area contributed by atoms with Gasteiger partial charge in [-0.3, -0.25) is 9.59 Å². The number of carboxylic acid groups (broad SMARTS) is 1. The van der Waals surface area contributed by atoms with Crippen molar-refractivity contribution in [3.8, 4) is 0 Å². The van der Waals surface area contributed by atoms with Gasteiger partial charge in [-0.2, -0.15) is 0 Å². The lowest BCUT2D eigenvalue weighted by Gasteiger charge is -2.33. The molecule has 1 fully saturated rings. The number of carbonyl (C=O) groups excluding carboxylic acids is 1. The number of thiophene rings is 1. The molecule has 0 bridgehead atoms. The number of carbonyl (C=O) groups is 2. The molecule has 0 spiro atoms. The Hall–Kier alpha value is -1.36. The number of hydrogen-bond donors (Lipinski definition) is 1. The van der Waals surface area contributed by atoms with Crippen molar-refractivity contribution in [2.45, 2.75) is 51.9 Å². The summed E-state index contributed by atoms with van der Waals surface area (Å²) in [5, 5.41) is 10.9. The number of fused-ring (bicyclic) bond motifs is 1. The fourth-order valence-electron chi connectivity index (χ4n) is 3.84. The Morgan fingerprint density at radius 3 is 3.00 bits per heavy atom. The second-order valence-electron chi connectivity index (χ2n) is 7.09. The summed E-state index contributed by atoms with van der Waals surface area (Å²) in [6.45, 7) is 3.80. The fourth-order valence-corrected chi connectivity index (χ4v) is 5.08. The second kappa shape index (κ2) is 7.04. The molecule has 2 heterocycles. The predicted molar refractivity (Wildman–Crippen MR) is 91.0 cm³/mol. The van der Waals surface area contributed by atoms with Crippen LogP contribution in [0.5, 0.6) is 0 Å². The molecule has 23 heavy (non-hydrogen) atoms. The van der Waals surface area contributed by atoms with Gasteiger partial charge in [-0.1, -0.05) is 6.92 Å². The topological polar surface area (TPSA) is 57.6 Å². The van der Waals surface area contributed by atoms with Gasteiger partial charge in [0.05, 0.1) is 5.56 Å². The smallest absolute Gasteiger partial charge is 0.303 e. The van der Waals surface area contributed by atoms with Crippen LogP contribution in [-0.4, -0.2) is 35.0 Å². The molecule has 1 aliphatic heterocycles. The quantitative estimate of drug-likeness (QED) is 0.915. The van der Waals surface area contributed by atoms with E-state index in [4.69, 9.17) is 5.11 Å². The van der Waals surface area contributed by atoms with Crippen LogP contribution in [0.3, 0.4) is 0 Å². The molecule has 2 unspecified atom stereocenters. The summed E-state index contributed by atoms with van der Waals surface area (Å²) in [4.78, 5) is 27.0. The van der Waals surface area contributed by atoms with Crippen LogP contribution in [-0.2, 0) is 17.6 Å². The summed E-state index contributed by atoms with van der Waals surface area (Å²) in [5.74, 6) is 0.476. The summed E-state index contributed by atoms with van der Waals surface area (Å²) >= 11 is 1.74. The van der Waals surface area contributed by atoms with Crippen molar-refractivity contribution in [3.05, 3.63) is 21.4 Å². The zero-order chi connectivity index (χ0) is 16.4. The normalized spacial score (nSPS) is 24.3. The third-order valence-electron chi connectivity index (χ3n) is 5.20. The average Bonchev–Trinajstić information content (AvgIpc) is 2.95. The first kappa shape index (κ1) is 16.5. The maximum atomic E-state index is 12.9. The number of aliphatic carboxylic acids is 1. The SMILES string of the molecule is CC1CCc2c(C(=O)N3CCCC(CCC(=O)O)C3)csc2C1. The van der Waals surface area contributed by atoms with E-state index in [1.165, 1.54) is 16.9 Å². The number of likely N-dealkylation sites (tertiary alicyclic amines) is 1.